The van der Waals surface area contributed by atoms with Crippen molar-refractivity contribution < 1.29 is 17.9 Å². The molecule has 2 aromatic carbocycles. The minimum absolute atomic E-state index is 0.00761. The molecule has 10 heteroatoms. The minimum atomic E-state index is -3.80. The molecule has 8 nitrogen and oxygen atoms in total. The molecule has 1 fully saturated rings. The molecule has 1 aromatic heterocycles. The average Bonchev–Trinajstić information content (AvgIpc) is 3.19. The number of carbonyl (C=O) groups is 1. The molecule has 0 atom stereocenters. The molecule has 3 aromatic rings. The molecule has 0 radical (unpaired) electrons. The van der Waals surface area contributed by atoms with Crippen LogP contribution in [0.5, 0.6) is 0 Å². The molecule has 4 rings (SSSR count). The lowest BCUT2D eigenvalue weighted by Crippen LogP contribution is -2.40. The zero-order valence-electron chi connectivity index (χ0n) is 15.9. The fraction of sp³-hybridized carbons (Fsp3) is 0.200. The molecule has 1 amide bonds. The third-order valence-electron chi connectivity index (χ3n) is 4.78. The first-order valence-corrected chi connectivity index (χ1v) is 11.5. The number of hydrogen-bond donors (Lipinski definition) is 1. The van der Waals surface area contributed by atoms with Gasteiger partial charge in [0.25, 0.3) is 5.91 Å². The topological polar surface area (TPSA) is 108 Å². The highest BCUT2D eigenvalue weighted by Gasteiger charge is 2.23. The van der Waals surface area contributed by atoms with E-state index in [-0.39, 0.29) is 10.8 Å². The summed E-state index contributed by atoms with van der Waals surface area (Å²) in [6.45, 7) is 2.03. The number of morpholine rings is 1. The summed E-state index contributed by atoms with van der Waals surface area (Å²) in [7, 11) is -3.80. The maximum absolute atomic E-state index is 13.0. The van der Waals surface area contributed by atoms with Crippen LogP contribution in [0.2, 0.25) is 0 Å². The van der Waals surface area contributed by atoms with Crippen molar-refractivity contribution in [1.82, 2.24) is 14.7 Å². The number of nitrogens with two attached hydrogens (primary N) is 1. The number of benzene rings is 2. The Morgan fingerprint density at radius 1 is 1.03 bits per heavy atom. The van der Waals surface area contributed by atoms with E-state index in [4.69, 9.17) is 9.88 Å². The van der Waals surface area contributed by atoms with E-state index in [0.717, 1.165) is 10.0 Å². The molecular formula is C20H19BrN4O4S. The predicted molar refractivity (Wildman–Crippen MR) is 115 cm³/mol. The van der Waals surface area contributed by atoms with Crippen LogP contribution in [0.4, 0.5) is 0 Å². The predicted octanol–water partition coefficient (Wildman–Crippen LogP) is 2.42. The van der Waals surface area contributed by atoms with Gasteiger partial charge in [0.05, 0.1) is 29.5 Å². The second kappa shape index (κ2) is 8.31. The van der Waals surface area contributed by atoms with E-state index in [2.05, 4.69) is 21.0 Å². The van der Waals surface area contributed by atoms with Crippen LogP contribution in [-0.2, 0) is 14.8 Å². The molecule has 0 bridgehead atoms. The fourth-order valence-corrected chi connectivity index (χ4v) is 3.99. The van der Waals surface area contributed by atoms with E-state index in [1.54, 1.807) is 27.8 Å². The summed E-state index contributed by atoms with van der Waals surface area (Å²) in [6.07, 6.45) is 0. The van der Waals surface area contributed by atoms with Gasteiger partial charge in [-0.1, -0.05) is 28.1 Å². The van der Waals surface area contributed by atoms with Crippen LogP contribution in [0, 0.1) is 0 Å². The first kappa shape index (κ1) is 20.7. The van der Waals surface area contributed by atoms with Crippen LogP contribution in [0.15, 0.2) is 64.0 Å². The molecule has 30 heavy (non-hydrogen) atoms. The quantitative estimate of drug-likeness (QED) is 0.603. The smallest absolute Gasteiger partial charge is 0.274 e. The van der Waals surface area contributed by atoms with E-state index in [1.165, 1.54) is 12.1 Å². The van der Waals surface area contributed by atoms with E-state index < -0.39 is 10.0 Å². The van der Waals surface area contributed by atoms with Crippen molar-refractivity contribution >= 4 is 31.9 Å². The van der Waals surface area contributed by atoms with E-state index in [9.17, 15) is 13.2 Å². The highest BCUT2D eigenvalue weighted by atomic mass is 79.9. The highest BCUT2D eigenvalue weighted by Crippen LogP contribution is 2.27. The number of hydrogen-bond acceptors (Lipinski definition) is 5. The zero-order chi connectivity index (χ0) is 21.3. The van der Waals surface area contributed by atoms with Gasteiger partial charge in [-0.2, -0.15) is 5.10 Å². The summed E-state index contributed by atoms with van der Waals surface area (Å²) in [4.78, 5) is 14.7. The second-order valence-corrected chi connectivity index (χ2v) is 9.25. The molecule has 156 valence electrons. The van der Waals surface area contributed by atoms with Gasteiger partial charge < -0.3 is 9.64 Å². The largest absolute Gasteiger partial charge is 0.378 e. The summed E-state index contributed by atoms with van der Waals surface area (Å²) < 4.78 is 31.0. The summed E-state index contributed by atoms with van der Waals surface area (Å²) in [5, 5.41) is 9.73. The number of rotatable bonds is 4. The molecule has 1 aliphatic rings. The van der Waals surface area contributed by atoms with E-state index in [0.29, 0.717) is 43.4 Å². The van der Waals surface area contributed by atoms with Crippen molar-refractivity contribution in [2.45, 2.75) is 4.90 Å². The Hall–Kier alpha value is -2.53. The van der Waals surface area contributed by atoms with Gasteiger partial charge in [0.15, 0.2) is 5.69 Å². The standard InChI is InChI=1S/C20H19BrN4O4S/c21-15-3-1-14(2-4-15)19-13-18(20(26)24-9-11-29-12-10-24)23-25(19)16-5-7-17(8-6-16)30(22,27)28/h1-8,13H,9-12H2,(H2,22,27,28). The van der Waals surface area contributed by atoms with Crippen LogP contribution in [0.3, 0.4) is 0 Å². The summed E-state index contributed by atoms with van der Waals surface area (Å²) in [5.74, 6) is -0.170. The lowest BCUT2D eigenvalue weighted by atomic mass is 10.1. The Kier molecular flexibility index (Phi) is 5.74. The molecule has 0 aliphatic carbocycles. The molecule has 2 N–H and O–H groups in total. The number of nitrogens with zero attached hydrogens (tertiary/aromatic N) is 3. The van der Waals surface area contributed by atoms with Crippen molar-refractivity contribution in [3.63, 3.8) is 0 Å². The number of primary sulfonamides is 1. The highest BCUT2D eigenvalue weighted by molar-refractivity contribution is 9.10. The molecule has 0 saturated carbocycles. The molecular weight excluding hydrogens is 472 g/mol. The maximum Gasteiger partial charge on any atom is 0.274 e. The zero-order valence-corrected chi connectivity index (χ0v) is 18.3. The minimum Gasteiger partial charge on any atom is -0.378 e. The Labute approximate surface area is 182 Å². The number of halogens is 1. The van der Waals surface area contributed by atoms with Crippen LogP contribution in [0.25, 0.3) is 16.9 Å². The van der Waals surface area contributed by atoms with E-state index >= 15 is 0 Å². The number of aromatic nitrogens is 2. The van der Waals surface area contributed by atoms with Crippen molar-refractivity contribution in [1.29, 1.82) is 0 Å². The lowest BCUT2D eigenvalue weighted by molar-refractivity contribution is 0.0298. The third-order valence-corrected chi connectivity index (χ3v) is 6.23. The Morgan fingerprint density at radius 2 is 1.67 bits per heavy atom. The molecule has 0 unspecified atom stereocenters. The summed E-state index contributed by atoms with van der Waals surface area (Å²) >= 11 is 3.42. The third kappa shape index (κ3) is 4.31. The van der Waals surface area contributed by atoms with Gasteiger partial charge in [0, 0.05) is 23.1 Å². The van der Waals surface area contributed by atoms with Gasteiger partial charge in [-0.25, -0.2) is 18.2 Å². The Morgan fingerprint density at radius 3 is 2.27 bits per heavy atom. The number of carbonyl (C=O) groups excluding carboxylic acids is 1. The monoisotopic (exact) mass is 490 g/mol. The van der Waals surface area contributed by atoms with Crippen molar-refractivity contribution in [2.24, 2.45) is 5.14 Å². The van der Waals surface area contributed by atoms with Gasteiger partial charge in [0.2, 0.25) is 10.0 Å². The van der Waals surface area contributed by atoms with Crippen LogP contribution < -0.4 is 5.14 Å². The van der Waals surface area contributed by atoms with Gasteiger partial charge in [0.1, 0.15) is 0 Å². The number of amides is 1. The number of ether oxygens (including phenoxy) is 1. The Bertz CT molecular complexity index is 1170. The van der Waals surface area contributed by atoms with Gasteiger partial charge in [-0.15, -0.1) is 0 Å². The average molecular weight is 491 g/mol. The molecule has 1 saturated heterocycles. The fourth-order valence-electron chi connectivity index (χ4n) is 3.21. The lowest BCUT2D eigenvalue weighted by Gasteiger charge is -2.25. The molecule has 0 spiro atoms. The second-order valence-electron chi connectivity index (χ2n) is 6.78. The van der Waals surface area contributed by atoms with Gasteiger partial charge in [-0.05, 0) is 42.5 Å². The maximum atomic E-state index is 13.0. The Balaban J connectivity index is 1.78. The van der Waals surface area contributed by atoms with Crippen molar-refractivity contribution in [2.75, 3.05) is 26.3 Å². The van der Waals surface area contributed by atoms with Gasteiger partial charge in [-0.3, -0.25) is 4.79 Å². The summed E-state index contributed by atoms with van der Waals surface area (Å²) in [5.41, 5.74) is 2.50. The first-order valence-electron chi connectivity index (χ1n) is 9.19. The first-order chi connectivity index (χ1) is 14.3. The normalized spacial score (nSPS) is 14.7. The van der Waals surface area contributed by atoms with Crippen LogP contribution in [0.1, 0.15) is 10.5 Å². The molecule has 1 aliphatic heterocycles. The van der Waals surface area contributed by atoms with Gasteiger partial charge >= 0.3 is 0 Å². The van der Waals surface area contributed by atoms with E-state index in [1.807, 2.05) is 24.3 Å². The SMILES string of the molecule is NS(=O)(=O)c1ccc(-n2nc(C(=O)N3CCOCC3)cc2-c2ccc(Br)cc2)cc1. The van der Waals surface area contributed by atoms with Crippen molar-refractivity contribution in [3.8, 4) is 16.9 Å². The molecule has 2 heterocycles. The van der Waals surface area contributed by atoms with Crippen molar-refractivity contribution in [3.05, 3.63) is 64.8 Å². The van der Waals surface area contributed by atoms with Crippen LogP contribution >= 0.6 is 15.9 Å². The summed E-state index contributed by atoms with van der Waals surface area (Å²) in [6, 6.07) is 15.4. The van der Waals surface area contributed by atoms with Crippen LogP contribution in [-0.4, -0.2) is 55.3 Å². The number of sulfonamides is 1.